The van der Waals surface area contributed by atoms with Crippen molar-refractivity contribution >= 4 is 11.7 Å². The summed E-state index contributed by atoms with van der Waals surface area (Å²) in [5, 5.41) is 2.99. The molecule has 0 unspecified atom stereocenters. The Morgan fingerprint density at radius 1 is 1.25 bits per heavy atom. The van der Waals surface area contributed by atoms with Crippen molar-refractivity contribution in [3.05, 3.63) is 47.1 Å². The Bertz CT molecular complexity index is 752. The lowest BCUT2D eigenvalue weighted by Gasteiger charge is -2.25. The zero-order valence-corrected chi connectivity index (χ0v) is 13.7. The second-order valence-corrected chi connectivity index (χ2v) is 6.06. The molecule has 2 amide bonds. The molecule has 1 aliphatic rings. The van der Waals surface area contributed by atoms with E-state index in [1.54, 1.807) is 37.6 Å². The van der Waals surface area contributed by atoms with Gasteiger partial charge in [-0.15, -0.1) is 0 Å². The zero-order valence-electron chi connectivity index (χ0n) is 13.7. The Hall–Kier alpha value is -2.63. The first kappa shape index (κ1) is 16.2. The highest BCUT2D eigenvalue weighted by molar-refractivity contribution is 5.91. The van der Waals surface area contributed by atoms with Crippen LogP contribution in [0.1, 0.15) is 32.1 Å². The van der Waals surface area contributed by atoms with Crippen LogP contribution in [0.25, 0.3) is 11.3 Å². The second-order valence-electron chi connectivity index (χ2n) is 6.06. The summed E-state index contributed by atoms with van der Waals surface area (Å²) in [7, 11) is 1.58. The Kier molecular flexibility index (Phi) is 4.93. The van der Waals surface area contributed by atoms with E-state index in [1.807, 2.05) is 6.07 Å². The van der Waals surface area contributed by atoms with Gasteiger partial charge >= 0.3 is 11.7 Å². The van der Waals surface area contributed by atoms with Crippen LogP contribution in [-0.2, 0) is 0 Å². The fourth-order valence-electron chi connectivity index (χ4n) is 2.95. The second kappa shape index (κ2) is 7.29. The molecule has 0 aromatic carbocycles. The molecule has 0 aliphatic heterocycles. The third kappa shape index (κ3) is 3.64. The molecule has 1 N–H and O–H groups in total. The third-order valence-electron chi connectivity index (χ3n) is 4.35. The molecule has 24 heavy (non-hydrogen) atoms. The Labute approximate surface area is 140 Å². The van der Waals surface area contributed by atoms with Gasteiger partial charge in [0.05, 0.1) is 0 Å². The van der Waals surface area contributed by atoms with Gasteiger partial charge < -0.3 is 9.73 Å². The molecular formula is C18H21N3O3. The average molecular weight is 327 g/mol. The highest BCUT2D eigenvalue weighted by atomic mass is 16.4. The molecule has 0 radical (unpaired) electrons. The van der Waals surface area contributed by atoms with Crippen LogP contribution in [0.2, 0.25) is 0 Å². The van der Waals surface area contributed by atoms with Crippen LogP contribution in [0, 0.1) is 0 Å². The first-order valence-corrected chi connectivity index (χ1v) is 8.24. The van der Waals surface area contributed by atoms with Crippen molar-refractivity contribution in [1.82, 2.24) is 10.3 Å². The molecule has 6 nitrogen and oxygen atoms in total. The number of anilines is 1. The molecule has 0 bridgehead atoms. The third-order valence-corrected chi connectivity index (χ3v) is 4.35. The number of nitrogens with one attached hydrogen (secondary N) is 1. The van der Waals surface area contributed by atoms with Gasteiger partial charge in [-0.1, -0.05) is 19.3 Å². The molecule has 2 heterocycles. The molecule has 2 aromatic heterocycles. The summed E-state index contributed by atoms with van der Waals surface area (Å²) in [6.07, 6.45) is 8.76. The van der Waals surface area contributed by atoms with Gasteiger partial charge in [0.25, 0.3) is 0 Å². The largest absolute Gasteiger partial charge is 0.421 e. The summed E-state index contributed by atoms with van der Waals surface area (Å²) in [6.45, 7) is 0. The van der Waals surface area contributed by atoms with Crippen molar-refractivity contribution in [3.63, 3.8) is 0 Å². The molecule has 1 fully saturated rings. The maximum Gasteiger partial charge on any atom is 0.360 e. The fourth-order valence-corrected chi connectivity index (χ4v) is 2.95. The molecule has 3 rings (SSSR count). The molecule has 0 atom stereocenters. The van der Waals surface area contributed by atoms with Gasteiger partial charge in [0.1, 0.15) is 11.4 Å². The van der Waals surface area contributed by atoms with Crippen LogP contribution < -0.4 is 15.8 Å². The van der Waals surface area contributed by atoms with Crippen molar-refractivity contribution in [1.29, 1.82) is 0 Å². The zero-order chi connectivity index (χ0) is 16.9. The number of rotatable bonds is 3. The van der Waals surface area contributed by atoms with E-state index >= 15 is 0 Å². The lowest BCUT2D eigenvalue weighted by Crippen LogP contribution is -2.45. The van der Waals surface area contributed by atoms with Crippen LogP contribution in [0.5, 0.6) is 0 Å². The number of pyridine rings is 1. The van der Waals surface area contributed by atoms with E-state index in [9.17, 15) is 9.59 Å². The summed E-state index contributed by atoms with van der Waals surface area (Å²) in [5.74, 6) is 0.429. The molecule has 0 saturated heterocycles. The first-order valence-electron chi connectivity index (χ1n) is 8.24. The predicted octanol–water partition coefficient (Wildman–Crippen LogP) is 3.18. The van der Waals surface area contributed by atoms with Gasteiger partial charge in [-0.3, -0.25) is 9.88 Å². The number of carbonyl (C=O) groups excluding carboxylic acids is 1. The molecule has 126 valence electrons. The van der Waals surface area contributed by atoms with E-state index in [1.165, 1.54) is 11.3 Å². The van der Waals surface area contributed by atoms with E-state index in [0.717, 1.165) is 31.2 Å². The number of aromatic nitrogens is 1. The van der Waals surface area contributed by atoms with Crippen LogP contribution in [0.15, 0.2) is 45.9 Å². The minimum atomic E-state index is -0.544. The first-order chi connectivity index (χ1) is 11.6. The SMILES string of the molecule is CN(C(=O)NC1CCCCC1)c1ccc(-c2cccnc2)oc1=O. The maximum absolute atomic E-state index is 12.3. The minimum absolute atomic E-state index is 0.190. The van der Waals surface area contributed by atoms with E-state index in [0.29, 0.717) is 5.76 Å². The van der Waals surface area contributed by atoms with Gasteiger partial charge in [-0.2, -0.15) is 0 Å². The standard InChI is InChI=1S/C18H21N3O3/c1-21(18(23)20-14-7-3-2-4-8-14)15-9-10-16(24-17(15)22)13-6-5-11-19-12-13/h5-6,9-12,14H,2-4,7-8H2,1H3,(H,20,23). The molecule has 0 spiro atoms. The van der Waals surface area contributed by atoms with Gasteiger partial charge in [0, 0.05) is 31.0 Å². The number of urea groups is 1. The van der Waals surface area contributed by atoms with Gasteiger partial charge in [-0.25, -0.2) is 9.59 Å². The van der Waals surface area contributed by atoms with Crippen molar-refractivity contribution in [2.24, 2.45) is 0 Å². The quantitative estimate of drug-likeness (QED) is 0.939. The topological polar surface area (TPSA) is 75.4 Å². The van der Waals surface area contributed by atoms with Gasteiger partial charge in [0.15, 0.2) is 0 Å². The molecule has 1 aliphatic carbocycles. The number of amides is 2. The lowest BCUT2D eigenvalue weighted by atomic mass is 9.96. The van der Waals surface area contributed by atoms with Gasteiger partial charge in [-0.05, 0) is 37.1 Å². The lowest BCUT2D eigenvalue weighted by molar-refractivity contribution is 0.239. The van der Waals surface area contributed by atoms with E-state index < -0.39 is 5.63 Å². The Morgan fingerprint density at radius 3 is 2.71 bits per heavy atom. The summed E-state index contributed by atoms with van der Waals surface area (Å²) < 4.78 is 5.34. The Morgan fingerprint density at radius 2 is 2.04 bits per heavy atom. The minimum Gasteiger partial charge on any atom is -0.421 e. The van der Waals surface area contributed by atoms with E-state index in [-0.39, 0.29) is 17.8 Å². The van der Waals surface area contributed by atoms with Crippen LogP contribution in [0.3, 0.4) is 0 Å². The molecule has 1 saturated carbocycles. The van der Waals surface area contributed by atoms with Crippen LogP contribution >= 0.6 is 0 Å². The monoisotopic (exact) mass is 327 g/mol. The number of hydrogen-bond donors (Lipinski definition) is 1. The van der Waals surface area contributed by atoms with Crippen LogP contribution in [-0.4, -0.2) is 24.1 Å². The highest BCUT2D eigenvalue weighted by Gasteiger charge is 2.20. The number of carbonyl (C=O) groups is 1. The van der Waals surface area contributed by atoms with Crippen LogP contribution in [0.4, 0.5) is 10.5 Å². The molecular weight excluding hydrogens is 306 g/mol. The normalized spacial score (nSPS) is 15.0. The van der Waals surface area contributed by atoms with E-state index in [2.05, 4.69) is 10.3 Å². The summed E-state index contributed by atoms with van der Waals surface area (Å²) >= 11 is 0. The van der Waals surface area contributed by atoms with Crippen molar-refractivity contribution in [2.75, 3.05) is 11.9 Å². The molecule has 6 heteroatoms. The Balaban J connectivity index is 1.74. The number of hydrogen-bond acceptors (Lipinski definition) is 4. The van der Waals surface area contributed by atoms with Crippen molar-refractivity contribution in [3.8, 4) is 11.3 Å². The summed E-state index contributed by atoms with van der Waals surface area (Å²) in [5.41, 5.74) is 0.393. The molecule has 2 aromatic rings. The summed E-state index contributed by atoms with van der Waals surface area (Å²) in [4.78, 5) is 29.9. The number of nitrogens with zero attached hydrogens (tertiary/aromatic N) is 2. The smallest absolute Gasteiger partial charge is 0.360 e. The fraction of sp³-hybridized carbons (Fsp3) is 0.389. The van der Waals surface area contributed by atoms with E-state index in [4.69, 9.17) is 4.42 Å². The average Bonchev–Trinajstić information content (AvgIpc) is 2.62. The van der Waals surface area contributed by atoms with Crippen molar-refractivity contribution < 1.29 is 9.21 Å². The summed E-state index contributed by atoms with van der Waals surface area (Å²) in [6, 6.07) is 6.78. The van der Waals surface area contributed by atoms with Crippen molar-refractivity contribution in [2.45, 2.75) is 38.1 Å². The predicted molar refractivity (Wildman–Crippen MR) is 92.0 cm³/mol. The maximum atomic E-state index is 12.3. The highest BCUT2D eigenvalue weighted by Crippen LogP contribution is 2.20. The van der Waals surface area contributed by atoms with Gasteiger partial charge in [0.2, 0.25) is 0 Å².